The van der Waals surface area contributed by atoms with Gasteiger partial charge in [0.2, 0.25) is 0 Å². The zero-order chi connectivity index (χ0) is 14.6. The summed E-state index contributed by atoms with van der Waals surface area (Å²) in [4.78, 5) is 24.0. The van der Waals surface area contributed by atoms with Gasteiger partial charge in [0.25, 0.3) is 5.91 Å². The number of aromatic nitrogens is 1. The topological polar surface area (TPSA) is 71.3 Å². The minimum Gasteiger partial charge on any atom is -0.481 e. The predicted octanol–water partition coefficient (Wildman–Crippen LogP) is 2.05. The first-order valence-corrected chi connectivity index (χ1v) is 7.85. The van der Waals surface area contributed by atoms with Gasteiger partial charge in [-0.1, -0.05) is 0 Å². The molecular formula is C16H20N2O3. The zero-order valence-corrected chi connectivity index (χ0v) is 11.9. The van der Waals surface area contributed by atoms with Gasteiger partial charge in [-0.2, -0.15) is 0 Å². The molecule has 2 N–H and O–H groups in total. The number of hydrogen-bond donors (Lipinski definition) is 2. The van der Waals surface area contributed by atoms with Gasteiger partial charge in [-0.15, -0.1) is 0 Å². The molecule has 2 bridgehead atoms. The molecule has 4 rings (SSSR count). The zero-order valence-electron chi connectivity index (χ0n) is 11.9. The maximum absolute atomic E-state index is 12.5. The summed E-state index contributed by atoms with van der Waals surface area (Å²) in [6, 6.07) is 3.98. The van der Waals surface area contributed by atoms with Crippen molar-refractivity contribution in [3.05, 3.63) is 24.0 Å². The van der Waals surface area contributed by atoms with Crippen LogP contribution >= 0.6 is 0 Å². The fourth-order valence-electron chi connectivity index (χ4n) is 4.34. The van der Waals surface area contributed by atoms with Crippen LogP contribution in [0.5, 0.6) is 0 Å². The van der Waals surface area contributed by atoms with Crippen molar-refractivity contribution in [2.45, 2.75) is 44.2 Å². The summed E-state index contributed by atoms with van der Waals surface area (Å²) in [5, 5.41) is 12.5. The van der Waals surface area contributed by atoms with Crippen molar-refractivity contribution in [2.24, 2.45) is 17.8 Å². The monoisotopic (exact) mass is 288 g/mol. The first kappa shape index (κ1) is 12.9. The molecule has 3 aliphatic carbocycles. The van der Waals surface area contributed by atoms with E-state index < -0.39 is 11.9 Å². The lowest BCUT2D eigenvalue weighted by Gasteiger charge is -2.29. The predicted molar refractivity (Wildman–Crippen MR) is 75.9 cm³/mol. The average Bonchev–Trinajstić information content (AvgIpc) is 2.91. The Morgan fingerprint density at radius 3 is 2.67 bits per heavy atom. The molecule has 4 unspecified atom stereocenters. The number of amides is 1. The van der Waals surface area contributed by atoms with E-state index in [1.54, 1.807) is 0 Å². The molecule has 1 aromatic heterocycles. The van der Waals surface area contributed by atoms with Crippen LogP contribution in [0.2, 0.25) is 0 Å². The van der Waals surface area contributed by atoms with Gasteiger partial charge in [-0.05, 0) is 56.1 Å². The van der Waals surface area contributed by atoms with Crippen LogP contribution in [0.15, 0.2) is 18.3 Å². The molecule has 0 aromatic carbocycles. The Morgan fingerprint density at radius 1 is 1.19 bits per heavy atom. The van der Waals surface area contributed by atoms with Crippen molar-refractivity contribution in [1.82, 2.24) is 9.88 Å². The maximum Gasteiger partial charge on any atom is 0.308 e. The number of nitrogens with zero attached hydrogens (tertiary/aromatic N) is 1. The molecule has 5 nitrogen and oxygen atoms in total. The van der Waals surface area contributed by atoms with E-state index in [1.165, 1.54) is 0 Å². The van der Waals surface area contributed by atoms with E-state index in [2.05, 4.69) is 5.32 Å². The molecule has 1 heterocycles. The van der Waals surface area contributed by atoms with Gasteiger partial charge < -0.3 is 15.0 Å². The van der Waals surface area contributed by atoms with Crippen molar-refractivity contribution < 1.29 is 14.7 Å². The molecule has 5 heteroatoms. The summed E-state index contributed by atoms with van der Waals surface area (Å²) >= 11 is 0. The van der Waals surface area contributed by atoms with Gasteiger partial charge in [-0.25, -0.2) is 0 Å². The van der Waals surface area contributed by atoms with E-state index in [-0.39, 0.29) is 17.9 Å². The minimum absolute atomic E-state index is 0.115. The number of carbonyl (C=O) groups is 2. The molecule has 4 atom stereocenters. The maximum atomic E-state index is 12.5. The molecular weight excluding hydrogens is 268 g/mol. The summed E-state index contributed by atoms with van der Waals surface area (Å²) in [5.74, 6) is -0.699. The Hall–Kier alpha value is -1.78. The van der Waals surface area contributed by atoms with E-state index >= 15 is 0 Å². The second-order valence-electron chi connectivity index (χ2n) is 6.73. The Labute approximate surface area is 123 Å². The normalized spacial score (nSPS) is 34.1. The van der Waals surface area contributed by atoms with Crippen molar-refractivity contribution in [3.8, 4) is 0 Å². The molecule has 21 heavy (non-hydrogen) atoms. The van der Waals surface area contributed by atoms with E-state index in [1.807, 2.05) is 22.9 Å². The van der Waals surface area contributed by atoms with E-state index in [0.29, 0.717) is 17.7 Å². The first-order valence-electron chi connectivity index (χ1n) is 7.85. The lowest BCUT2D eigenvalue weighted by atomic mass is 9.84. The number of aliphatic carboxylic acids is 1. The number of nitrogens with one attached hydrogen (secondary N) is 1. The van der Waals surface area contributed by atoms with Gasteiger partial charge in [0.1, 0.15) is 5.69 Å². The lowest BCUT2D eigenvalue weighted by molar-refractivity contribution is -0.144. The highest BCUT2D eigenvalue weighted by molar-refractivity contribution is 5.93. The van der Waals surface area contributed by atoms with Crippen molar-refractivity contribution >= 4 is 11.9 Å². The number of hydrogen-bond acceptors (Lipinski definition) is 2. The van der Waals surface area contributed by atoms with Crippen molar-refractivity contribution in [2.75, 3.05) is 0 Å². The SMILES string of the molecule is O=C(NC1C2CCC(C2)C1C(=O)O)c1cccn1C1CC1. The fourth-order valence-corrected chi connectivity index (χ4v) is 4.34. The van der Waals surface area contributed by atoms with Gasteiger partial charge >= 0.3 is 5.97 Å². The first-order chi connectivity index (χ1) is 10.1. The second-order valence-corrected chi connectivity index (χ2v) is 6.73. The van der Waals surface area contributed by atoms with E-state index in [0.717, 1.165) is 32.1 Å². The second kappa shape index (κ2) is 4.61. The van der Waals surface area contributed by atoms with Crippen molar-refractivity contribution in [1.29, 1.82) is 0 Å². The van der Waals surface area contributed by atoms with Crippen LogP contribution in [0, 0.1) is 17.8 Å². The quantitative estimate of drug-likeness (QED) is 0.890. The van der Waals surface area contributed by atoms with E-state index in [9.17, 15) is 14.7 Å². The Kier molecular flexibility index (Phi) is 2.84. The molecule has 3 saturated carbocycles. The third kappa shape index (κ3) is 2.06. The van der Waals surface area contributed by atoms with Crippen LogP contribution in [0.4, 0.5) is 0 Å². The molecule has 0 aliphatic heterocycles. The summed E-state index contributed by atoms with van der Waals surface area (Å²) in [5.41, 5.74) is 0.671. The number of carbonyl (C=O) groups excluding carboxylic acids is 1. The van der Waals surface area contributed by atoms with Crippen LogP contribution in [-0.2, 0) is 4.79 Å². The van der Waals surface area contributed by atoms with Gasteiger partial charge in [0.05, 0.1) is 5.92 Å². The number of carboxylic acids is 1. The molecule has 0 saturated heterocycles. The molecule has 112 valence electrons. The summed E-state index contributed by atoms with van der Waals surface area (Å²) in [6.45, 7) is 0. The van der Waals surface area contributed by atoms with Gasteiger partial charge in [-0.3, -0.25) is 9.59 Å². The smallest absolute Gasteiger partial charge is 0.308 e. The van der Waals surface area contributed by atoms with Gasteiger partial charge in [0, 0.05) is 18.3 Å². The highest BCUT2D eigenvalue weighted by Gasteiger charge is 2.51. The fraction of sp³-hybridized carbons (Fsp3) is 0.625. The largest absolute Gasteiger partial charge is 0.481 e. The summed E-state index contributed by atoms with van der Waals surface area (Å²) in [6.07, 6.45) is 7.19. The Balaban J connectivity index is 1.53. The van der Waals surface area contributed by atoms with Crippen LogP contribution < -0.4 is 5.32 Å². The highest BCUT2D eigenvalue weighted by atomic mass is 16.4. The Morgan fingerprint density at radius 2 is 1.95 bits per heavy atom. The van der Waals surface area contributed by atoms with Crippen LogP contribution in [0.3, 0.4) is 0 Å². The van der Waals surface area contributed by atoms with Crippen LogP contribution in [0.25, 0.3) is 0 Å². The number of fused-ring (bicyclic) bond motifs is 2. The molecule has 3 aliphatic rings. The summed E-state index contributed by atoms with van der Waals surface area (Å²) < 4.78 is 2.03. The van der Waals surface area contributed by atoms with Crippen molar-refractivity contribution in [3.63, 3.8) is 0 Å². The van der Waals surface area contributed by atoms with Gasteiger partial charge in [0.15, 0.2) is 0 Å². The third-order valence-corrected chi connectivity index (χ3v) is 5.45. The van der Waals surface area contributed by atoms with Crippen LogP contribution in [-0.4, -0.2) is 27.6 Å². The number of rotatable bonds is 4. The molecule has 0 radical (unpaired) electrons. The average molecular weight is 288 g/mol. The molecule has 0 spiro atoms. The lowest BCUT2D eigenvalue weighted by Crippen LogP contribution is -2.47. The minimum atomic E-state index is -0.759. The van der Waals surface area contributed by atoms with Crippen LogP contribution in [0.1, 0.15) is 48.6 Å². The summed E-state index contributed by atoms with van der Waals surface area (Å²) in [7, 11) is 0. The standard InChI is InChI=1S/C16H20N2O3/c19-15(12-2-1-7-18(12)11-5-6-11)17-14-10-4-3-9(8-10)13(14)16(20)21/h1-2,7,9-11,13-14H,3-6,8H2,(H,17,19)(H,20,21). The Bertz CT molecular complexity index is 590. The third-order valence-electron chi connectivity index (χ3n) is 5.45. The molecule has 3 fully saturated rings. The van der Waals surface area contributed by atoms with E-state index in [4.69, 9.17) is 0 Å². The highest BCUT2D eigenvalue weighted by Crippen LogP contribution is 2.48. The molecule has 1 aromatic rings. The number of carboxylic acid groups (broad SMARTS) is 1. The molecule has 1 amide bonds.